The summed E-state index contributed by atoms with van der Waals surface area (Å²) < 4.78 is 5.11. The number of anilines is 1. The molecule has 0 radical (unpaired) electrons. The van der Waals surface area contributed by atoms with Gasteiger partial charge in [0, 0.05) is 29.7 Å². The highest BCUT2D eigenvalue weighted by molar-refractivity contribution is 7.09. The zero-order chi connectivity index (χ0) is 18.4. The van der Waals surface area contributed by atoms with Gasteiger partial charge in [-0.2, -0.15) is 0 Å². The van der Waals surface area contributed by atoms with Crippen molar-refractivity contribution in [2.75, 3.05) is 12.4 Å². The predicted molar refractivity (Wildman–Crippen MR) is 105 cm³/mol. The van der Waals surface area contributed by atoms with Gasteiger partial charge >= 0.3 is 0 Å². The lowest BCUT2D eigenvalue weighted by molar-refractivity contribution is 0.102. The summed E-state index contributed by atoms with van der Waals surface area (Å²) in [5, 5.41) is 9.44. The number of methoxy groups -OCH3 is 1. The number of nitrogens with zero attached hydrogens (tertiary/aromatic N) is 1. The first-order chi connectivity index (χ1) is 12.6. The fourth-order valence-corrected chi connectivity index (χ4v) is 3.14. The minimum atomic E-state index is -0.143. The first-order valence-electron chi connectivity index (χ1n) is 8.30. The Morgan fingerprint density at radius 2 is 1.96 bits per heavy atom. The van der Waals surface area contributed by atoms with Gasteiger partial charge in [-0.1, -0.05) is 12.1 Å². The lowest BCUT2D eigenvalue weighted by Crippen LogP contribution is -2.14. The fourth-order valence-electron chi connectivity index (χ4n) is 2.53. The van der Waals surface area contributed by atoms with Gasteiger partial charge in [-0.25, -0.2) is 4.98 Å². The van der Waals surface area contributed by atoms with Crippen molar-refractivity contribution in [1.82, 2.24) is 10.3 Å². The van der Waals surface area contributed by atoms with Crippen LogP contribution in [0.15, 0.2) is 53.9 Å². The second-order valence-corrected chi connectivity index (χ2v) is 6.91. The van der Waals surface area contributed by atoms with Gasteiger partial charge in [0.15, 0.2) is 0 Å². The minimum Gasteiger partial charge on any atom is -0.497 e. The topological polar surface area (TPSA) is 63.2 Å². The lowest BCUT2D eigenvalue weighted by Gasteiger charge is -2.09. The molecule has 1 heterocycles. The van der Waals surface area contributed by atoms with Gasteiger partial charge in [0.05, 0.1) is 17.8 Å². The van der Waals surface area contributed by atoms with E-state index < -0.39 is 0 Å². The normalized spacial score (nSPS) is 10.5. The fraction of sp³-hybridized carbons (Fsp3) is 0.200. The highest BCUT2D eigenvalue weighted by atomic mass is 32.1. The Labute approximate surface area is 157 Å². The van der Waals surface area contributed by atoms with E-state index >= 15 is 0 Å². The Morgan fingerprint density at radius 1 is 1.15 bits per heavy atom. The lowest BCUT2D eigenvalue weighted by atomic mass is 10.1. The van der Waals surface area contributed by atoms with Crippen LogP contribution >= 0.6 is 11.3 Å². The molecule has 0 aliphatic carbocycles. The number of carbonyl (C=O) groups excluding carboxylic acids is 1. The number of amides is 1. The number of ether oxygens (including phenoxy) is 1. The Balaban J connectivity index is 1.56. The summed E-state index contributed by atoms with van der Waals surface area (Å²) in [7, 11) is 1.60. The monoisotopic (exact) mass is 367 g/mol. The first-order valence-corrected chi connectivity index (χ1v) is 9.18. The molecular formula is C20H21N3O2S. The average Bonchev–Trinajstić information content (AvgIpc) is 3.07. The third-order valence-corrected chi connectivity index (χ3v) is 4.66. The molecule has 6 heteroatoms. The largest absolute Gasteiger partial charge is 0.497 e. The molecule has 134 valence electrons. The zero-order valence-electron chi connectivity index (χ0n) is 14.8. The maximum Gasteiger partial charge on any atom is 0.255 e. The molecule has 0 atom stereocenters. The summed E-state index contributed by atoms with van der Waals surface area (Å²) >= 11 is 1.65. The number of hydrogen-bond acceptors (Lipinski definition) is 5. The molecule has 1 amide bonds. The van der Waals surface area contributed by atoms with Crippen molar-refractivity contribution in [3.05, 3.63) is 75.7 Å². The maximum absolute atomic E-state index is 12.4. The minimum absolute atomic E-state index is 0.143. The van der Waals surface area contributed by atoms with Crippen molar-refractivity contribution in [1.29, 1.82) is 0 Å². The Morgan fingerprint density at radius 3 is 2.65 bits per heavy atom. The van der Waals surface area contributed by atoms with Crippen LogP contribution in [0.2, 0.25) is 0 Å². The van der Waals surface area contributed by atoms with Crippen molar-refractivity contribution in [2.45, 2.75) is 20.0 Å². The molecule has 3 aromatic rings. The number of hydrogen-bond donors (Lipinski definition) is 2. The second kappa shape index (κ2) is 8.60. The van der Waals surface area contributed by atoms with Crippen LogP contribution < -0.4 is 15.4 Å². The van der Waals surface area contributed by atoms with Crippen LogP contribution in [0.5, 0.6) is 5.75 Å². The third kappa shape index (κ3) is 4.91. The van der Waals surface area contributed by atoms with E-state index in [1.807, 2.05) is 31.2 Å². The van der Waals surface area contributed by atoms with Crippen LogP contribution in [-0.2, 0) is 13.1 Å². The number of carbonyl (C=O) groups is 1. The molecule has 0 saturated carbocycles. The van der Waals surface area contributed by atoms with Gasteiger partial charge in [-0.3, -0.25) is 4.79 Å². The number of thiazole rings is 1. The Kier molecular flexibility index (Phi) is 5.99. The Hall–Kier alpha value is -2.70. The molecule has 2 aromatic carbocycles. The molecule has 0 unspecified atom stereocenters. The van der Waals surface area contributed by atoms with E-state index in [1.165, 1.54) is 0 Å². The van der Waals surface area contributed by atoms with Gasteiger partial charge < -0.3 is 15.4 Å². The third-order valence-electron chi connectivity index (χ3n) is 3.84. The van der Waals surface area contributed by atoms with E-state index in [-0.39, 0.29) is 5.91 Å². The van der Waals surface area contributed by atoms with Crippen molar-refractivity contribution < 1.29 is 9.53 Å². The Bertz CT molecular complexity index is 875. The number of rotatable bonds is 7. The summed E-state index contributed by atoms with van der Waals surface area (Å²) in [5.74, 6) is 0.584. The molecule has 1 aromatic heterocycles. The van der Waals surface area contributed by atoms with Crippen LogP contribution in [-0.4, -0.2) is 18.0 Å². The number of nitrogens with one attached hydrogen (secondary N) is 2. The first kappa shape index (κ1) is 18.1. The van der Waals surface area contributed by atoms with Crippen molar-refractivity contribution in [2.24, 2.45) is 0 Å². The highest BCUT2D eigenvalue weighted by Gasteiger charge is 2.07. The highest BCUT2D eigenvalue weighted by Crippen LogP contribution is 2.15. The molecule has 3 rings (SSSR count). The van der Waals surface area contributed by atoms with E-state index in [9.17, 15) is 4.79 Å². The van der Waals surface area contributed by atoms with Crippen LogP contribution in [0.25, 0.3) is 0 Å². The molecule has 0 fully saturated rings. The molecule has 0 aliphatic heterocycles. The summed E-state index contributed by atoms with van der Waals surface area (Å²) in [6.45, 7) is 3.44. The quantitative estimate of drug-likeness (QED) is 0.662. The number of aryl methyl sites for hydroxylation is 1. The van der Waals surface area contributed by atoms with E-state index in [4.69, 9.17) is 4.74 Å². The SMILES string of the molecule is COc1ccc(C(=O)Nc2cccc(CNCc3csc(C)n3)c2)cc1. The van der Waals surface area contributed by atoms with Gasteiger partial charge in [0.1, 0.15) is 5.75 Å². The smallest absolute Gasteiger partial charge is 0.255 e. The van der Waals surface area contributed by atoms with Crippen molar-refractivity contribution in [3.8, 4) is 5.75 Å². The molecule has 26 heavy (non-hydrogen) atoms. The standard InChI is InChI=1S/C20H21N3O2S/c1-14-22-18(13-26-14)12-21-11-15-4-3-5-17(10-15)23-20(24)16-6-8-19(25-2)9-7-16/h3-10,13,21H,11-12H2,1-2H3,(H,23,24). The zero-order valence-corrected chi connectivity index (χ0v) is 15.6. The van der Waals surface area contributed by atoms with Gasteiger partial charge in [-0.05, 0) is 48.9 Å². The maximum atomic E-state index is 12.4. The van der Waals surface area contributed by atoms with E-state index in [2.05, 4.69) is 21.0 Å². The van der Waals surface area contributed by atoms with Crippen LogP contribution in [0, 0.1) is 6.92 Å². The number of aromatic nitrogens is 1. The van der Waals surface area contributed by atoms with Gasteiger partial charge in [-0.15, -0.1) is 11.3 Å². The van der Waals surface area contributed by atoms with Crippen LogP contribution in [0.1, 0.15) is 26.6 Å². The molecular weight excluding hydrogens is 346 g/mol. The second-order valence-electron chi connectivity index (χ2n) is 5.84. The van der Waals surface area contributed by atoms with Crippen LogP contribution in [0.4, 0.5) is 5.69 Å². The summed E-state index contributed by atoms with van der Waals surface area (Å²) in [5.41, 5.74) is 3.52. The molecule has 0 aliphatic rings. The van der Waals surface area contributed by atoms with Gasteiger partial charge in [0.25, 0.3) is 5.91 Å². The van der Waals surface area contributed by atoms with E-state index in [1.54, 1.807) is 42.7 Å². The summed E-state index contributed by atoms with van der Waals surface area (Å²) in [6.07, 6.45) is 0. The summed E-state index contributed by atoms with van der Waals surface area (Å²) in [4.78, 5) is 16.8. The summed E-state index contributed by atoms with van der Waals surface area (Å²) in [6, 6.07) is 14.9. The molecule has 2 N–H and O–H groups in total. The molecule has 0 saturated heterocycles. The molecule has 0 spiro atoms. The molecule has 5 nitrogen and oxygen atoms in total. The van der Waals surface area contributed by atoms with Crippen LogP contribution in [0.3, 0.4) is 0 Å². The number of benzene rings is 2. The van der Waals surface area contributed by atoms with Crippen molar-refractivity contribution in [3.63, 3.8) is 0 Å². The van der Waals surface area contributed by atoms with Crippen molar-refractivity contribution >= 4 is 22.9 Å². The van der Waals surface area contributed by atoms with E-state index in [0.717, 1.165) is 34.2 Å². The molecule has 0 bridgehead atoms. The van der Waals surface area contributed by atoms with E-state index in [0.29, 0.717) is 12.1 Å². The average molecular weight is 367 g/mol. The predicted octanol–water partition coefficient (Wildman–Crippen LogP) is 4.00. The van der Waals surface area contributed by atoms with Gasteiger partial charge in [0.2, 0.25) is 0 Å².